The molecule has 0 bridgehead atoms. The van der Waals surface area contributed by atoms with Crippen molar-refractivity contribution in [3.05, 3.63) is 31.3 Å². The maximum atomic E-state index is 13.0. The van der Waals surface area contributed by atoms with Crippen molar-refractivity contribution in [3.8, 4) is 0 Å². The molecule has 0 fully saturated rings. The first-order valence-corrected chi connectivity index (χ1v) is 4.73. The monoisotopic (exact) mass is 346 g/mol. The van der Waals surface area contributed by atoms with Gasteiger partial charge in [-0.25, -0.2) is 8.78 Å². The molecular formula is C7H2BrF2IO. The lowest BCUT2D eigenvalue weighted by molar-refractivity contribution is 0.111. The van der Waals surface area contributed by atoms with Gasteiger partial charge in [0.15, 0.2) is 12.1 Å². The van der Waals surface area contributed by atoms with Gasteiger partial charge in [-0.05, 0) is 44.6 Å². The molecule has 0 spiro atoms. The largest absolute Gasteiger partial charge is 0.298 e. The highest BCUT2D eigenvalue weighted by Gasteiger charge is 2.14. The second-order valence-electron chi connectivity index (χ2n) is 2.00. The normalized spacial score (nSPS) is 10.0. The number of halogens is 4. The summed E-state index contributed by atoms with van der Waals surface area (Å²) in [6.45, 7) is 0. The van der Waals surface area contributed by atoms with E-state index in [1.165, 1.54) is 22.6 Å². The van der Waals surface area contributed by atoms with Crippen LogP contribution < -0.4 is 0 Å². The summed E-state index contributed by atoms with van der Waals surface area (Å²) in [5, 5.41) is 0. The first-order valence-electron chi connectivity index (χ1n) is 2.86. The van der Waals surface area contributed by atoms with E-state index in [0.717, 1.165) is 6.07 Å². The molecule has 0 saturated heterocycles. The maximum absolute atomic E-state index is 13.0. The van der Waals surface area contributed by atoms with E-state index >= 15 is 0 Å². The molecule has 5 heteroatoms. The van der Waals surface area contributed by atoms with Crippen molar-refractivity contribution < 1.29 is 13.6 Å². The van der Waals surface area contributed by atoms with Gasteiger partial charge in [-0.15, -0.1) is 0 Å². The third-order valence-corrected chi connectivity index (χ3v) is 2.91. The number of aldehydes is 1. The Morgan fingerprint density at radius 1 is 1.50 bits per heavy atom. The highest BCUT2D eigenvalue weighted by Crippen LogP contribution is 2.25. The van der Waals surface area contributed by atoms with Crippen LogP contribution in [0.1, 0.15) is 10.4 Å². The molecule has 0 unspecified atom stereocenters. The van der Waals surface area contributed by atoms with Crippen molar-refractivity contribution >= 4 is 44.8 Å². The van der Waals surface area contributed by atoms with Gasteiger partial charge < -0.3 is 0 Å². The molecule has 12 heavy (non-hydrogen) atoms. The average Bonchev–Trinajstić information content (AvgIpc) is 2.01. The molecule has 0 N–H and O–H groups in total. The fourth-order valence-electron chi connectivity index (χ4n) is 0.688. The van der Waals surface area contributed by atoms with Gasteiger partial charge in [0.2, 0.25) is 0 Å². The van der Waals surface area contributed by atoms with Crippen molar-refractivity contribution in [1.29, 1.82) is 0 Å². The summed E-state index contributed by atoms with van der Waals surface area (Å²) in [5.74, 6) is -1.50. The van der Waals surface area contributed by atoms with E-state index < -0.39 is 11.6 Å². The third-order valence-electron chi connectivity index (χ3n) is 1.27. The van der Waals surface area contributed by atoms with E-state index in [2.05, 4.69) is 15.9 Å². The molecule has 0 saturated carbocycles. The maximum Gasteiger partial charge on any atom is 0.154 e. The number of rotatable bonds is 1. The molecule has 0 aliphatic carbocycles. The number of benzene rings is 1. The smallest absolute Gasteiger partial charge is 0.154 e. The molecule has 0 aromatic heterocycles. The van der Waals surface area contributed by atoms with Crippen LogP contribution in [0.15, 0.2) is 10.5 Å². The minimum atomic E-state index is -0.822. The second-order valence-corrected chi connectivity index (χ2v) is 3.93. The van der Waals surface area contributed by atoms with Gasteiger partial charge in [0.25, 0.3) is 0 Å². The Hall–Kier alpha value is -0.0400. The summed E-state index contributed by atoms with van der Waals surface area (Å²) in [6, 6.07) is 1.06. The number of hydrogen-bond donors (Lipinski definition) is 0. The highest BCUT2D eigenvalue weighted by atomic mass is 127. The van der Waals surface area contributed by atoms with Gasteiger partial charge in [0.1, 0.15) is 5.82 Å². The zero-order valence-corrected chi connectivity index (χ0v) is 9.32. The van der Waals surface area contributed by atoms with Crippen molar-refractivity contribution in [1.82, 2.24) is 0 Å². The van der Waals surface area contributed by atoms with E-state index in [0.29, 0.717) is 6.29 Å². The van der Waals surface area contributed by atoms with Crippen LogP contribution in [0.5, 0.6) is 0 Å². The molecule has 1 aromatic rings. The number of carbonyl (C=O) groups is 1. The third kappa shape index (κ3) is 1.66. The van der Waals surface area contributed by atoms with Gasteiger partial charge in [0.05, 0.1) is 9.13 Å². The molecule has 0 atom stereocenters. The Bertz CT molecular complexity index is 341. The molecule has 1 rings (SSSR count). The minimum absolute atomic E-state index is 0.132. The van der Waals surface area contributed by atoms with Crippen LogP contribution >= 0.6 is 38.5 Å². The van der Waals surface area contributed by atoms with E-state index in [-0.39, 0.29) is 13.6 Å². The summed E-state index contributed by atoms with van der Waals surface area (Å²) in [5.41, 5.74) is -0.152. The van der Waals surface area contributed by atoms with Crippen LogP contribution in [0.2, 0.25) is 0 Å². The lowest BCUT2D eigenvalue weighted by Gasteiger charge is -2.01. The van der Waals surface area contributed by atoms with E-state index in [1.54, 1.807) is 0 Å². The first kappa shape index (κ1) is 10.0. The zero-order chi connectivity index (χ0) is 9.30. The summed E-state index contributed by atoms with van der Waals surface area (Å²) in [4.78, 5) is 10.3. The van der Waals surface area contributed by atoms with Gasteiger partial charge in [-0.2, -0.15) is 0 Å². The zero-order valence-electron chi connectivity index (χ0n) is 5.57. The molecule has 1 aromatic carbocycles. The lowest BCUT2D eigenvalue weighted by atomic mass is 10.2. The van der Waals surface area contributed by atoms with E-state index in [4.69, 9.17) is 0 Å². The topological polar surface area (TPSA) is 17.1 Å². The first-order chi connectivity index (χ1) is 5.57. The molecule has 1 nitrogen and oxygen atoms in total. The van der Waals surface area contributed by atoms with Gasteiger partial charge >= 0.3 is 0 Å². The van der Waals surface area contributed by atoms with Gasteiger partial charge in [0, 0.05) is 4.47 Å². The number of carbonyl (C=O) groups excluding carboxylic acids is 1. The Balaban J connectivity index is 3.51. The van der Waals surface area contributed by atoms with E-state index in [9.17, 15) is 13.6 Å². The van der Waals surface area contributed by atoms with Crippen molar-refractivity contribution in [3.63, 3.8) is 0 Å². The quantitative estimate of drug-likeness (QED) is 0.330. The van der Waals surface area contributed by atoms with Crippen LogP contribution in [-0.2, 0) is 0 Å². The van der Waals surface area contributed by atoms with Crippen LogP contribution in [0.3, 0.4) is 0 Å². The van der Waals surface area contributed by atoms with Crippen LogP contribution in [-0.4, -0.2) is 6.29 Å². The van der Waals surface area contributed by atoms with Crippen LogP contribution in [0.4, 0.5) is 8.78 Å². The molecular weight excluding hydrogens is 345 g/mol. The molecule has 0 amide bonds. The van der Waals surface area contributed by atoms with Crippen LogP contribution in [0.25, 0.3) is 0 Å². The summed E-state index contributed by atoms with van der Waals surface area (Å²) >= 11 is 4.38. The Morgan fingerprint density at radius 2 is 2.08 bits per heavy atom. The average molecular weight is 347 g/mol. The Labute approximate surface area is 89.4 Å². The van der Waals surface area contributed by atoms with Crippen molar-refractivity contribution in [2.24, 2.45) is 0 Å². The fraction of sp³-hybridized carbons (Fsp3) is 0. The molecule has 0 aliphatic heterocycles. The number of hydrogen-bond acceptors (Lipinski definition) is 1. The van der Waals surface area contributed by atoms with E-state index in [1.807, 2.05) is 0 Å². The Kier molecular flexibility index (Phi) is 3.16. The van der Waals surface area contributed by atoms with Crippen molar-refractivity contribution in [2.75, 3.05) is 0 Å². The Morgan fingerprint density at radius 3 is 2.58 bits per heavy atom. The molecule has 0 radical (unpaired) electrons. The highest BCUT2D eigenvalue weighted by molar-refractivity contribution is 14.1. The predicted octanol–water partition coefficient (Wildman–Crippen LogP) is 3.14. The lowest BCUT2D eigenvalue weighted by Crippen LogP contribution is -1.96. The van der Waals surface area contributed by atoms with Crippen molar-refractivity contribution in [2.45, 2.75) is 0 Å². The molecule has 0 heterocycles. The summed E-state index contributed by atoms with van der Waals surface area (Å²) in [6.07, 6.45) is 0.348. The van der Waals surface area contributed by atoms with Crippen LogP contribution in [0, 0.1) is 15.2 Å². The van der Waals surface area contributed by atoms with Gasteiger partial charge in [-0.1, -0.05) is 0 Å². The summed E-state index contributed by atoms with van der Waals surface area (Å²) < 4.78 is 25.7. The molecule has 0 aliphatic rings. The summed E-state index contributed by atoms with van der Waals surface area (Å²) in [7, 11) is 0. The fourth-order valence-corrected chi connectivity index (χ4v) is 1.60. The SMILES string of the molecule is O=Cc1c(Br)cc(F)c(I)c1F. The second kappa shape index (κ2) is 3.78. The standard InChI is InChI=1S/C7H2BrF2IO/c8-4-1-5(9)7(11)6(10)3(4)2-12/h1-2H. The van der Waals surface area contributed by atoms with Gasteiger partial charge in [-0.3, -0.25) is 4.79 Å². The molecule has 64 valence electrons. The minimum Gasteiger partial charge on any atom is -0.298 e. The predicted molar refractivity (Wildman–Crippen MR) is 52.2 cm³/mol.